The largest absolute Gasteiger partial charge is 0.380 e. The topological polar surface area (TPSA) is 24.4 Å². The Hall–Kier alpha value is -2.00. The van der Waals surface area contributed by atoms with Crippen molar-refractivity contribution in [2.75, 3.05) is 12.3 Å². The zero-order valence-corrected chi connectivity index (χ0v) is 12.6. The predicted molar refractivity (Wildman–Crippen MR) is 92.5 cm³/mol. The van der Waals surface area contributed by atoms with E-state index in [1.807, 2.05) is 23.9 Å². The van der Waals surface area contributed by atoms with E-state index in [1.54, 1.807) is 0 Å². The van der Waals surface area contributed by atoms with Crippen LogP contribution in [0.2, 0.25) is 0 Å². The quantitative estimate of drug-likeness (QED) is 0.902. The molecule has 0 saturated heterocycles. The van der Waals surface area contributed by atoms with Crippen molar-refractivity contribution in [3.8, 4) is 0 Å². The van der Waals surface area contributed by atoms with Crippen LogP contribution in [0.4, 0.5) is 0 Å². The van der Waals surface area contributed by atoms with Gasteiger partial charge in [0.25, 0.3) is 0 Å². The van der Waals surface area contributed by atoms with Gasteiger partial charge in [0, 0.05) is 24.5 Å². The Morgan fingerprint density at radius 2 is 1.76 bits per heavy atom. The summed E-state index contributed by atoms with van der Waals surface area (Å²) in [5, 5.41) is 4.67. The van der Waals surface area contributed by atoms with Crippen LogP contribution in [0.15, 0.2) is 71.7 Å². The SMILES string of the molecule is C(=C(NCc1ccccc1)c1ccccc1)C1=NCCS1. The Morgan fingerprint density at radius 3 is 2.43 bits per heavy atom. The molecule has 0 aliphatic carbocycles. The van der Waals surface area contributed by atoms with E-state index in [0.717, 1.165) is 29.6 Å². The van der Waals surface area contributed by atoms with Crippen LogP contribution in [0.25, 0.3) is 5.70 Å². The summed E-state index contributed by atoms with van der Waals surface area (Å²) in [7, 11) is 0. The van der Waals surface area contributed by atoms with Crippen molar-refractivity contribution >= 4 is 22.5 Å². The van der Waals surface area contributed by atoms with Crippen LogP contribution >= 0.6 is 11.8 Å². The van der Waals surface area contributed by atoms with Crippen LogP contribution in [0.3, 0.4) is 0 Å². The van der Waals surface area contributed by atoms with Gasteiger partial charge in [0.1, 0.15) is 0 Å². The summed E-state index contributed by atoms with van der Waals surface area (Å²) in [4.78, 5) is 4.52. The molecule has 0 bridgehead atoms. The van der Waals surface area contributed by atoms with Crippen molar-refractivity contribution in [3.63, 3.8) is 0 Å². The molecule has 0 unspecified atom stereocenters. The number of aliphatic imine (C=N–C) groups is 1. The highest BCUT2D eigenvalue weighted by molar-refractivity contribution is 8.14. The smallest absolute Gasteiger partial charge is 0.0926 e. The number of hydrogen-bond acceptors (Lipinski definition) is 3. The first kappa shape index (κ1) is 14.0. The van der Waals surface area contributed by atoms with Crippen LogP contribution in [-0.4, -0.2) is 17.3 Å². The zero-order chi connectivity index (χ0) is 14.3. The van der Waals surface area contributed by atoms with Gasteiger partial charge in [-0.2, -0.15) is 0 Å². The van der Waals surface area contributed by atoms with Gasteiger partial charge in [-0.3, -0.25) is 4.99 Å². The lowest BCUT2D eigenvalue weighted by molar-refractivity contribution is 0.890. The molecule has 3 rings (SSSR count). The molecule has 1 N–H and O–H groups in total. The van der Waals surface area contributed by atoms with Crippen LogP contribution in [0, 0.1) is 0 Å². The van der Waals surface area contributed by atoms with E-state index < -0.39 is 0 Å². The maximum absolute atomic E-state index is 4.52. The summed E-state index contributed by atoms with van der Waals surface area (Å²) in [6, 6.07) is 20.9. The van der Waals surface area contributed by atoms with Crippen molar-refractivity contribution < 1.29 is 0 Å². The van der Waals surface area contributed by atoms with Crippen LogP contribution < -0.4 is 5.32 Å². The third-order valence-electron chi connectivity index (χ3n) is 3.29. The highest BCUT2D eigenvalue weighted by Crippen LogP contribution is 2.18. The highest BCUT2D eigenvalue weighted by Gasteiger charge is 2.07. The molecule has 1 aliphatic heterocycles. The average molecular weight is 294 g/mol. The van der Waals surface area contributed by atoms with Crippen molar-refractivity contribution in [1.82, 2.24) is 5.32 Å². The fourth-order valence-electron chi connectivity index (χ4n) is 2.21. The van der Waals surface area contributed by atoms with E-state index >= 15 is 0 Å². The Bertz CT molecular complexity index is 633. The summed E-state index contributed by atoms with van der Waals surface area (Å²) in [5.41, 5.74) is 3.61. The molecule has 0 spiro atoms. The lowest BCUT2D eigenvalue weighted by atomic mass is 10.1. The van der Waals surface area contributed by atoms with Crippen molar-refractivity contribution in [1.29, 1.82) is 0 Å². The van der Waals surface area contributed by atoms with Gasteiger partial charge in [-0.15, -0.1) is 11.8 Å². The lowest BCUT2D eigenvalue weighted by Crippen LogP contribution is -2.12. The molecular formula is C18H18N2S. The monoisotopic (exact) mass is 294 g/mol. The zero-order valence-electron chi connectivity index (χ0n) is 11.8. The Balaban J connectivity index is 1.79. The fourth-order valence-corrected chi connectivity index (χ4v) is 2.99. The third kappa shape index (κ3) is 3.99. The molecule has 0 radical (unpaired) electrons. The van der Waals surface area contributed by atoms with Gasteiger partial charge in [0.2, 0.25) is 0 Å². The molecule has 3 heteroatoms. The molecule has 21 heavy (non-hydrogen) atoms. The fraction of sp³-hybridized carbons (Fsp3) is 0.167. The van der Waals surface area contributed by atoms with E-state index in [9.17, 15) is 0 Å². The number of nitrogens with zero attached hydrogens (tertiary/aromatic N) is 1. The third-order valence-corrected chi connectivity index (χ3v) is 4.22. The molecule has 2 nitrogen and oxygen atoms in total. The molecule has 2 aromatic carbocycles. The van der Waals surface area contributed by atoms with E-state index in [1.165, 1.54) is 11.1 Å². The van der Waals surface area contributed by atoms with E-state index in [0.29, 0.717) is 0 Å². The van der Waals surface area contributed by atoms with Gasteiger partial charge in [-0.05, 0) is 17.2 Å². The first-order valence-corrected chi connectivity index (χ1v) is 8.12. The number of thioether (sulfide) groups is 1. The molecule has 0 atom stereocenters. The molecule has 1 heterocycles. The van der Waals surface area contributed by atoms with E-state index in [4.69, 9.17) is 0 Å². The minimum absolute atomic E-state index is 0.819. The van der Waals surface area contributed by atoms with Crippen LogP contribution in [-0.2, 0) is 6.54 Å². The van der Waals surface area contributed by atoms with Gasteiger partial charge in [-0.1, -0.05) is 60.7 Å². The van der Waals surface area contributed by atoms with E-state index in [-0.39, 0.29) is 0 Å². The van der Waals surface area contributed by atoms with Crippen LogP contribution in [0.5, 0.6) is 0 Å². The molecule has 0 aromatic heterocycles. The summed E-state index contributed by atoms with van der Waals surface area (Å²) >= 11 is 1.82. The Labute approximate surface area is 130 Å². The summed E-state index contributed by atoms with van der Waals surface area (Å²) in [6.45, 7) is 1.75. The molecule has 0 saturated carbocycles. The molecule has 106 valence electrons. The predicted octanol–water partition coefficient (Wildman–Crippen LogP) is 3.96. The summed E-state index contributed by atoms with van der Waals surface area (Å²) in [5.74, 6) is 1.09. The second kappa shape index (κ2) is 7.14. The second-order valence-corrected chi connectivity index (χ2v) is 5.95. The number of rotatable bonds is 5. The first-order valence-electron chi connectivity index (χ1n) is 7.14. The maximum atomic E-state index is 4.52. The minimum atomic E-state index is 0.819. The number of nitrogens with one attached hydrogen (secondary N) is 1. The van der Waals surface area contributed by atoms with E-state index in [2.05, 4.69) is 64.9 Å². The average Bonchev–Trinajstić information content (AvgIpc) is 3.06. The van der Waals surface area contributed by atoms with Crippen molar-refractivity contribution in [2.45, 2.75) is 6.54 Å². The van der Waals surface area contributed by atoms with Crippen LogP contribution in [0.1, 0.15) is 11.1 Å². The highest BCUT2D eigenvalue weighted by atomic mass is 32.2. The van der Waals surface area contributed by atoms with Gasteiger partial charge >= 0.3 is 0 Å². The maximum Gasteiger partial charge on any atom is 0.0926 e. The number of hydrogen-bond donors (Lipinski definition) is 1. The normalized spacial score (nSPS) is 14.9. The minimum Gasteiger partial charge on any atom is -0.380 e. The first-order chi connectivity index (χ1) is 10.4. The van der Waals surface area contributed by atoms with Gasteiger partial charge in [0.15, 0.2) is 0 Å². The standard InChI is InChI=1S/C18H18N2S/c1-3-7-15(8-4-1)14-20-17(13-18-19-11-12-21-18)16-9-5-2-6-10-16/h1-10,13,20H,11-12,14H2. The molecule has 2 aromatic rings. The van der Waals surface area contributed by atoms with Crippen molar-refractivity contribution in [3.05, 3.63) is 77.9 Å². The van der Waals surface area contributed by atoms with Gasteiger partial charge < -0.3 is 5.32 Å². The van der Waals surface area contributed by atoms with Gasteiger partial charge in [0.05, 0.1) is 5.04 Å². The molecule has 0 fully saturated rings. The summed E-state index contributed by atoms with van der Waals surface area (Å²) in [6.07, 6.45) is 2.16. The second-order valence-electron chi connectivity index (χ2n) is 4.83. The summed E-state index contributed by atoms with van der Waals surface area (Å²) < 4.78 is 0. The van der Waals surface area contributed by atoms with Gasteiger partial charge in [-0.25, -0.2) is 0 Å². The molecule has 0 amide bonds. The Kier molecular flexibility index (Phi) is 4.74. The Morgan fingerprint density at radius 1 is 1.05 bits per heavy atom. The van der Waals surface area contributed by atoms with Crippen molar-refractivity contribution in [2.24, 2.45) is 4.99 Å². The molecule has 1 aliphatic rings. The number of benzene rings is 2. The molecular weight excluding hydrogens is 276 g/mol. The lowest BCUT2D eigenvalue weighted by Gasteiger charge is -2.12.